The van der Waals surface area contributed by atoms with Crippen LogP contribution in [0.25, 0.3) is 10.9 Å². The van der Waals surface area contributed by atoms with Crippen molar-refractivity contribution in [1.82, 2.24) is 10.2 Å². The van der Waals surface area contributed by atoms with Crippen LogP contribution in [0.2, 0.25) is 0 Å². The van der Waals surface area contributed by atoms with Crippen LogP contribution in [-0.2, 0) is 9.84 Å². The normalized spacial score (nSPS) is 12.1. The molecular weight excluding hydrogens is 224 g/mol. The third-order valence-electron chi connectivity index (χ3n) is 2.55. The van der Waals surface area contributed by atoms with E-state index in [1.54, 1.807) is 12.1 Å². The summed E-state index contributed by atoms with van der Waals surface area (Å²) in [5.74, 6) is 0.165. The third-order valence-corrected chi connectivity index (χ3v) is 4.49. The molecule has 0 amide bonds. The lowest BCUT2D eigenvalue weighted by Gasteiger charge is -2.03. The number of nitrogens with one attached hydrogen (secondary N) is 1. The molecule has 2 rings (SSSR count). The van der Waals surface area contributed by atoms with Gasteiger partial charge in [-0.15, -0.1) is 0 Å². The van der Waals surface area contributed by atoms with Gasteiger partial charge >= 0.3 is 0 Å². The van der Waals surface area contributed by atoms with Gasteiger partial charge in [-0.3, -0.25) is 5.10 Å². The first kappa shape index (κ1) is 11.1. The first-order valence-corrected chi connectivity index (χ1v) is 6.88. The van der Waals surface area contributed by atoms with Crippen molar-refractivity contribution >= 4 is 20.7 Å². The Kier molecular flexibility index (Phi) is 2.71. The first-order valence-electron chi connectivity index (χ1n) is 5.22. The van der Waals surface area contributed by atoms with E-state index in [0.29, 0.717) is 16.8 Å². The Morgan fingerprint density at radius 2 is 2.12 bits per heavy atom. The van der Waals surface area contributed by atoms with Gasteiger partial charge in [0.25, 0.3) is 0 Å². The summed E-state index contributed by atoms with van der Waals surface area (Å²) in [5.41, 5.74) is 1.44. The Labute approximate surface area is 94.6 Å². The molecule has 5 heteroatoms. The molecule has 16 heavy (non-hydrogen) atoms. The van der Waals surface area contributed by atoms with E-state index < -0.39 is 9.84 Å². The number of H-pyrrole nitrogens is 1. The van der Waals surface area contributed by atoms with Gasteiger partial charge in [0.05, 0.1) is 10.6 Å². The molecule has 1 aromatic carbocycles. The minimum atomic E-state index is -3.21. The highest BCUT2D eigenvalue weighted by atomic mass is 32.2. The molecule has 0 saturated carbocycles. The number of fused-ring (bicyclic) bond motifs is 1. The minimum Gasteiger partial charge on any atom is -0.282 e. The molecule has 86 valence electrons. The third kappa shape index (κ3) is 1.71. The lowest BCUT2D eigenvalue weighted by molar-refractivity contribution is 0.595. The smallest absolute Gasteiger partial charge is 0.180 e. The van der Waals surface area contributed by atoms with Gasteiger partial charge in [0, 0.05) is 11.1 Å². The fourth-order valence-corrected chi connectivity index (χ4v) is 3.26. The predicted octanol–water partition coefficient (Wildman–Crippen LogP) is 2.06. The molecular formula is C11H14N2O2S. The van der Waals surface area contributed by atoms with Crippen molar-refractivity contribution in [2.75, 3.05) is 5.75 Å². The number of hydrogen-bond acceptors (Lipinski definition) is 3. The van der Waals surface area contributed by atoms with E-state index in [-0.39, 0.29) is 5.75 Å². The monoisotopic (exact) mass is 238 g/mol. The van der Waals surface area contributed by atoms with Crippen molar-refractivity contribution in [3.63, 3.8) is 0 Å². The van der Waals surface area contributed by atoms with Crippen molar-refractivity contribution in [3.05, 3.63) is 23.9 Å². The zero-order valence-electron chi connectivity index (χ0n) is 9.32. The summed E-state index contributed by atoms with van der Waals surface area (Å²) < 4.78 is 24.0. The average Bonchev–Trinajstić information content (AvgIpc) is 2.60. The highest BCUT2D eigenvalue weighted by molar-refractivity contribution is 7.91. The zero-order valence-corrected chi connectivity index (χ0v) is 10.1. The predicted molar refractivity (Wildman–Crippen MR) is 63.2 cm³/mol. The number of para-hydroxylation sites is 1. The number of benzene rings is 1. The summed E-state index contributed by atoms with van der Waals surface area (Å²) in [6, 6.07) is 5.25. The van der Waals surface area contributed by atoms with Crippen molar-refractivity contribution < 1.29 is 8.42 Å². The molecule has 0 spiro atoms. The molecule has 0 saturated heterocycles. The fraction of sp³-hybridized carbons (Fsp3) is 0.364. The lowest BCUT2D eigenvalue weighted by Crippen LogP contribution is -2.06. The van der Waals surface area contributed by atoms with Crippen LogP contribution in [0.4, 0.5) is 0 Å². The minimum absolute atomic E-state index is 0.165. The molecule has 2 aromatic rings. The van der Waals surface area contributed by atoms with E-state index in [0.717, 1.165) is 11.1 Å². The number of aromatic amines is 1. The van der Waals surface area contributed by atoms with Gasteiger partial charge in [0.2, 0.25) is 0 Å². The molecule has 1 heterocycles. The molecule has 0 aliphatic heterocycles. The van der Waals surface area contributed by atoms with Crippen LogP contribution in [0.1, 0.15) is 19.0 Å². The van der Waals surface area contributed by atoms with E-state index in [2.05, 4.69) is 10.2 Å². The molecule has 0 aliphatic carbocycles. The van der Waals surface area contributed by atoms with Crippen molar-refractivity contribution in [3.8, 4) is 0 Å². The molecule has 0 aliphatic rings. The van der Waals surface area contributed by atoms with Crippen LogP contribution < -0.4 is 0 Å². The molecule has 0 atom stereocenters. The van der Waals surface area contributed by atoms with E-state index in [9.17, 15) is 8.42 Å². The fourth-order valence-electron chi connectivity index (χ4n) is 1.77. The van der Waals surface area contributed by atoms with Crippen LogP contribution in [0, 0.1) is 6.92 Å². The second-order valence-corrected chi connectivity index (χ2v) is 5.90. The average molecular weight is 238 g/mol. The number of sulfone groups is 1. The molecule has 4 nitrogen and oxygen atoms in total. The second kappa shape index (κ2) is 3.90. The number of rotatable bonds is 3. The molecule has 0 radical (unpaired) electrons. The molecule has 0 unspecified atom stereocenters. The quantitative estimate of drug-likeness (QED) is 0.890. The number of aryl methyl sites for hydroxylation is 1. The largest absolute Gasteiger partial charge is 0.282 e. The summed E-state index contributed by atoms with van der Waals surface area (Å²) in [6.07, 6.45) is 0.613. The molecule has 1 N–H and O–H groups in total. The van der Waals surface area contributed by atoms with E-state index in [1.807, 2.05) is 19.9 Å². The van der Waals surface area contributed by atoms with Crippen LogP contribution >= 0.6 is 0 Å². The maximum Gasteiger partial charge on any atom is 0.180 e. The van der Waals surface area contributed by atoms with Gasteiger partial charge < -0.3 is 0 Å². The summed E-state index contributed by atoms with van der Waals surface area (Å²) in [5, 5.41) is 7.75. The highest BCUT2D eigenvalue weighted by Crippen LogP contribution is 2.24. The van der Waals surface area contributed by atoms with Crippen LogP contribution in [0.15, 0.2) is 23.1 Å². The Balaban J connectivity index is 2.70. The first-order chi connectivity index (χ1) is 7.56. The Morgan fingerprint density at radius 1 is 1.38 bits per heavy atom. The SMILES string of the molecule is CCCS(=O)(=O)c1cccc2c(C)[nH]nc12. The molecule has 1 aromatic heterocycles. The second-order valence-electron chi connectivity index (χ2n) is 3.82. The standard InChI is InChI=1S/C11H14N2O2S/c1-3-7-16(14,15)10-6-4-5-9-8(2)12-13-11(9)10/h4-6H,3,7H2,1-2H3,(H,12,13). The van der Waals surface area contributed by atoms with Gasteiger partial charge in [0.1, 0.15) is 5.52 Å². The van der Waals surface area contributed by atoms with Gasteiger partial charge in [-0.2, -0.15) is 5.10 Å². The Morgan fingerprint density at radius 3 is 2.81 bits per heavy atom. The van der Waals surface area contributed by atoms with Gasteiger partial charge in [-0.05, 0) is 19.4 Å². The maximum atomic E-state index is 12.0. The Bertz CT molecular complexity index is 614. The highest BCUT2D eigenvalue weighted by Gasteiger charge is 2.18. The maximum absolute atomic E-state index is 12.0. The van der Waals surface area contributed by atoms with Gasteiger partial charge in [0.15, 0.2) is 9.84 Å². The van der Waals surface area contributed by atoms with E-state index in [1.165, 1.54) is 0 Å². The van der Waals surface area contributed by atoms with E-state index >= 15 is 0 Å². The van der Waals surface area contributed by atoms with Crippen molar-refractivity contribution in [1.29, 1.82) is 0 Å². The summed E-state index contributed by atoms with van der Waals surface area (Å²) in [4.78, 5) is 0.330. The van der Waals surface area contributed by atoms with Gasteiger partial charge in [-0.1, -0.05) is 19.1 Å². The van der Waals surface area contributed by atoms with Gasteiger partial charge in [-0.25, -0.2) is 8.42 Å². The van der Waals surface area contributed by atoms with Crippen LogP contribution in [0.3, 0.4) is 0 Å². The summed E-state index contributed by atoms with van der Waals surface area (Å²) in [6.45, 7) is 3.74. The number of hydrogen-bond donors (Lipinski definition) is 1. The molecule has 0 fully saturated rings. The lowest BCUT2D eigenvalue weighted by atomic mass is 10.2. The summed E-state index contributed by atoms with van der Waals surface area (Å²) in [7, 11) is -3.21. The van der Waals surface area contributed by atoms with Crippen molar-refractivity contribution in [2.24, 2.45) is 0 Å². The molecule has 0 bridgehead atoms. The van der Waals surface area contributed by atoms with Crippen LogP contribution in [0.5, 0.6) is 0 Å². The number of aromatic nitrogens is 2. The number of nitrogens with zero attached hydrogens (tertiary/aromatic N) is 1. The zero-order chi connectivity index (χ0) is 11.8. The van der Waals surface area contributed by atoms with Crippen LogP contribution in [-0.4, -0.2) is 24.4 Å². The Hall–Kier alpha value is -1.36. The van der Waals surface area contributed by atoms with Crippen molar-refractivity contribution in [2.45, 2.75) is 25.2 Å². The van der Waals surface area contributed by atoms with E-state index in [4.69, 9.17) is 0 Å². The summed E-state index contributed by atoms with van der Waals surface area (Å²) >= 11 is 0. The topological polar surface area (TPSA) is 62.8 Å².